The van der Waals surface area contributed by atoms with Gasteiger partial charge in [-0.1, -0.05) is 42.5 Å². The average molecular weight is 897 g/mol. The van der Waals surface area contributed by atoms with Gasteiger partial charge in [0.2, 0.25) is 41.4 Å². The molecule has 0 aromatic heterocycles. The Morgan fingerprint density at radius 1 is 0.672 bits per heavy atom. The summed E-state index contributed by atoms with van der Waals surface area (Å²) >= 11 is 8.28. The molecule has 10 atom stereocenters. The van der Waals surface area contributed by atoms with Crippen LogP contribution in [0.15, 0.2) is 54.6 Å². The van der Waals surface area contributed by atoms with Crippen LogP contribution in [-0.2, 0) is 55.9 Å². The molecule has 24 heteroatoms. The molecule has 22 nitrogen and oxygen atoms in total. The van der Waals surface area contributed by atoms with Crippen LogP contribution in [0.1, 0.15) is 11.1 Å². The monoisotopic (exact) mass is 896 g/mol. The molecule has 3 rings (SSSR count). The van der Waals surface area contributed by atoms with Gasteiger partial charge in [-0.2, -0.15) is 25.3 Å². The fraction of sp³-hybridized carbons (Fsp3) is 0.486. The van der Waals surface area contributed by atoms with Gasteiger partial charge in [0.15, 0.2) is 6.29 Å². The lowest BCUT2D eigenvalue weighted by Crippen LogP contribution is -2.61. The molecule has 0 radical (unpaired) electrons. The summed E-state index contributed by atoms with van der Waals surface area (Å²) in [6, 6.07) is 7.78. The van der Waals surface area contributed by atoms with E-state index in [1.54, 1.807) is 42.5 Å². The van der Waals surface area contributed by atoms with Crippen LogP contribution in [0.4, 0.5) is 0 Å². The van der Waals surface area contributed by atoms with Gasteiger partial charge in [0.1, 0.15) is 54.3 Å². The number of nitrogens with one attached hydrogen (secondary N) is 6. The summed E-state index contributed by atoms with van der Waals surface area (Å²) in [6.07, 6.45) is -8.42. The number of nitrogens with two attached hydrogens (primary N) is 2. The van der Waals surface area contributed by atoms with Gasteiger partial charge in [-0.25, -0.2) is 0 Å². The molecule has 0 unspecified atom stereocenters. The van der Waals surface area contributed by atoms with Gasteiger partial charge in [0.25, 0.3) is 0 Å². The third-order valence-corrected chi connectivity index (χ3v) is 9.79. The minimum Gasteiger partial charge on any atom is -0.508 e. The molecule has 0 bridgehead atoms. The molecule has 1 aliphatic heterocycles. The minimum atomic E-state index is -1.85. The number of carbonyl (C=O) groups is 7. The minimum absolute atomic E-state index is 0.0358. The van der Waals surface area contributed by atoms with E-state index in [1.807, 2.05) is 0 Å². The number of phenolic OH excluding ortho intramolecular Hbond substituents is 1. The number of hydrogen-bond acceptors (Lipinski definition) is 17. The maximum atomic E-state index is 13.7. The number of aliphatic hydroxyl groups is 4. The Hall–Kier alpha value is -5.05. The van der Waals surface area contributed by atoms with Gasteiger partial charge >= 0.3 is 0 Å². The van der Waals surface area contributed by atoms with Gasteiger partial charge < -0.3 is 78.4 Å². The van der Waals surface area contributed by atoms with Crippen molar-refractivity contribution in [1.29, 1.82) is 0 Å². The van der Waals surface area contributed by atoms with Crippen molar-refractivity contribution in [2.75, 3.05) is 37.8 Å². The van der Waals surface area contributed by atoms with Gasteiger partial charge in [-0.3, -0.25) is 33.6 Å². The Morgan fingerprint density at radius 3 is 1.82 bits per heavy atom. The third-order valence-electron chi connectivity index (χ3n) is 9.06. The average Bonchev–Trinajstić information content (AvgIpc) is 3.24. The molecule has 0 spiro atoms. The highest BCUT2D eigenvalue weighted by Gasteiger charge is 2.44. The van der Waals surface area contributed by atoms with Crippen LogP contribution in [0.2, 0.25) is 0 Å². The second-order valence-electron chi connectivity index (χ2n) is 13.8. The molecule has 15 N–H and O–H groups in total. The largest absolute Gasteiger partial charge is 0.508 e. The number of primary amides is 1. The van der Waals surface area contributed by atoms with E-state index in [-0.39, 0.29) is 30.1 Å². The Labute approximate surface area is 360 Å². The van der Waals surface area contributed by atoms with Gasteiger partial charge in [-0.05, 0) is 29.7 Å². The lowest BCUT2D eigenvalue weighted by molar-refractivity contribution is -0.301. The van der Waals surface area contributed by atoms with Crippen molar-refractivity contribution >= 4 is 66.6 Å². The molecule has 1 aliphatic rings. The second-order valence-corrected chi connectivity index (χ2v) is 14.5. The van der Waals surface area contributed by atoms with Crippen molar-refractivity contribution < 1.29 is 68.6 Å². The number of ether oxygens (including phenoxy) is 2. The molecular formula is C37H52N8O14S2. The number of phenols is 1. The standard InChI is InChI=1S/C37H52N8O14S2/c38-21(10-19-6-8-20(47)9-7-19)32(53)44-24(16-60)34(55)41-13-28(49)42-22(11-18-4-2-1-3-5-18)35(56)45-25(17-61)36(57)43-23(33(54)40-12-27(39)48)15-58-37-31(52)30(51)29(50)26(14-46)59-37/h1-9,21-26,29-31,37,46-47,50-52,60-61H,10-17,38H2,(H2,39,48)(H,40,54)(H,41,55)(H,42,49)(H,43,57)(H,44,53)(H,45,56)/t21-,22-,23-,24+,25+,26+,29+,30-,31-,37-/m0/s1. The normalized spacial score (nSPS) is 21.0. The molecule has 336 valence electrons. The Bertz CT molecular complexity index is 1800. The van der Waals surface area contributed by atoms with E-state index in [9.17, 15) is 59.1 Å². The van der Waals surface area contributed by atoms with Crippen molar-refractivity contribution in [2.24, 2.45) is 11.5 Å². The number of hydrogen-bond donors (Lipinski definition) is 15. The quantitative estimate of drug-likeness (QED) is 0.0462. The maximum absolute atomic E-state index is 13.7. The van der Waals surface area contributed by atoms with E-state index < -0.39 is 129 Å². The molecule has 0 saturated carbocycles. The van der Waals surface area contributed by atoms with Crippen LogP contribution in [0.5, 0.6) is 5.75 Å². The fourth-order valence-electron chi connectivity index (χ4n) is 5.66. The number of thiol groups is 2. The lowest BCUT2D eigenvalue weighted by atomic mass is 9.99. The first-order chi connectivity index (χ1) is 29.0. The topological polar surface area (TPSA) is 363 Å². The molecule has 1 saturated heterocycles. The second kappa shape index (κ2) is 25.0. The zero-order valence-corrected chi connectivity index (χ0v) is 34.4. The first kappa shape index (κ1) is 50.3. The molecule has 2 aromatic rings. The van der Waals surface area contributed by atoms with E-state index in [1.165, 1.54) is 12.1 Å². The highest BCUT2D eigenvalue weighted by Crippen LogP contribution is 2.22. The Balaban J connectivity index is 1.67. The summed E-state index contributed by atoms with van der Waals surface area (Å²) in [5, 5.41) is 63.8. The highest BCUT2D eigenvalue weighted by molar-refractivity contribution is 7.80. The van der Waals surface area contributed by atoms with Crippen LogP contribution in [-0.4, -0.2) is 166 Å². The number of aliphatic hydroxyl groups excluding tert-OH is 4. The predicted molar refractivity (Wildman–Crippen MR) is 220 cm³/mol. The number of carbonyl (C=O) groups excluding carboxylic acids is 7. The summed E-state index contributed by atoms with van der Waals surface area (Å²) < 4.78 is 10.7. The van der Waals surface area contributed by atoms with Crippen molar-refractivity contribution in [3.05, 3.63) is 65.7 Å². The summed E-state index contributed by atoms with van der Waals surface area (Å²) in [4.78, 5) is 90.4. The van der Waals surface area contributed by atoms with Gasteiger partial charge in [0.05, 0.1) is 32.3 Å². The van der Waals surface area contributed by atoms with E-state index in [4.69, 9.17) is 20.9 Å². The van der Waals surface area contributed by atoms with Crippen LogP contribution >= 0.6 is 25.3 Å². The van der Waals surface area contributed by atoms with Crippen molar-refractivity contribution in [3.63, 3.8) is 0 Å². The number of amides is 7. The molecule has 1 heterocycles. The maximum Gasteiger partial charge on any atom is 0.245 e. The van der Waals surface area contributed by atoms with Crippen LogP contribution in [0.3, 0.4) is 0 Å². The summed E-state index contributed by atoms with van der Waals surface area (Å²) in [5.41, 5.74) is 12.4. The summed E-state index contributed by atoms with van der Waals surface area (Å²) in [6.45, 7) is -2.84. The van der Waals surface area contributed by atoms with E-state index in [0.29, 0.717) is 11.1 Å². The van der Waals surface area contributed by atoms with Crippen molar-refractivity contribution in [3.8, 4) is 5.75 Å². The van der Waals surface area contributed by atoms with E-state index in [2.05, 4.69) is 57.2 Å². The van der Waals surface area contributed by atoms with Crippen LogP contribution in [0, 0.1) is 0 Å². The third kappa shape index (κ3) is 16.1. The van der Waals surface area contributed by atoms with Gasteiger partial charge in [-0.15, -0.1) is 0 Å². The van der Waals surface area contributed by atoms with Crippen molar-refractivity contribution in [2.45, 2.75) is 73.8 Å². The van der Waals surface area contributed by atoms with E-state index in [0.717, 1.165) is 0 Å². The smallest absolute Gasteiger partial charge is 0.245 e. The molecule has 7 amide bonds. The van der Waals surface area contributed by atoms with Crippen LogP contribution < -0.4 is 43.4 Å². The molecule has 0 aliphatic carbocycles. The Morgan fingerprint density at radius 2 is 1.21 bits per heavy atom. The number of aromatic hydroxyl groups is 1. The predicted octanol–water partition coefficient (Wildman–Crippen LogP) is -6.16. The first-order valence-electron chi connectivity index (χ1n) is 18.7. The summed E-state index contributed by atoms with van der Waals surface area (Å²) in [5.74, 6) is -6.58. The number of rotatable bonds is 23. The number of benzene rings is 2. The molecular weight excluding hydrogens is 845 g/mol. The lowest BCUT2D eigenvalue weighted by Gasteiger charge is -2.40. The van der Waals surface area contributed by atoms with Crippen molar-refractivity contribution in [1.82, 2.24) is 31.9 Å². The Kier molecular flexibility index (Phi) is 20.6. The zero-order chi connectivity index (χ0) is 45.2. The van der Waals surface area contributed by atoms with Crippen LogP contribution in [0.25, 0.3) is 0 Å². The zero-order valence-electron chi connectivity index (χ0n) is 32.6. The molecule has 2 aromatic carbocycles. The molecule has 61 heavy (non-hydrogen) atoms. The molecule has 1 fully saturated rings. The summed E-state index contributed by atoms with van der Waals surface area (Å²) in [7, 11) is 0. The first-order valence-corrected chi connectivity index (χ1v) is 20.0. The van der Waals surface area contributed by atoms with E-state index >= 15 is 0 Å². The fourth-order valence-corrected chi connectivity index (χ4v) is 6.18. The SMILES string of the molecule is NC(=O)CNC(=O)[C@H](CO[C@H]1O[C@H](CO)[C@@H](O)[C@H](O)[C@@H]1O)NC(=O)[C@@H](CS)NC(=O)[C@H](Cc1ccccc1)NC(=O)CNC(=O)[C@@H](CS)NC(=O)[C@@H](N)Cc1ccc(O)cc1. The van der Waals surface area contributed by atoms with Gasteiger partial charge in [0, 0.05) is 17.9 Å². The highest BCUT2D eigenvalue weighted by atomic mass is 32.1.